The molecule has 0 aliphatic carbocycles. The first-order chi connectivity index (χ1) is 9.13. The molecule has 98 valence electrons. The van der Waals surface area contributed by atoms with Crippen molar-refractivity contribution in [1.82, 2.24) is 9.97 Å². The van der Waals surface area contributed by atoms with E-state index in [-0.39, 0.29) is 18.7 Å². The molecule has 0 atom stereocenters. The molecule has 2 rings (SSSR count). The van der Waals surface area contributed by atoms with E-state index >= 15 is 0 Å². The van der Waals surface area contributed by atoms with Crippen LogP contribution in [0.25, 0.3) is 0 Å². The number of rotatable bonds is 5. The van der Waals surface area contributed by atoms with Crippen LogP contribution < -0.4 is 5.32 Å². The van der Waals surface area contributed by atoms with Gasteiger partial charge in [-0.05, 0) is 24.3 Å². The minimum atomic E-state index is -0.896. The highest BCUT2D eigenvalue weighted by atomic mass is 19.1. The zero-order valence-electron chi connectivity index (χ0n) is 10.0. The van der Waals surface area contributed by atoms with E-state index < -0.39 is 5.97 Å². The molecule has 0 unspecified atom stereocenters. The monoisotopic (exact) mass is 261 g/mol. The third-order valence-electron chi connectivity index (χ3n) is 2.36. The van der Waals surface area contributed by atoms with Crippen molar-refractivity contribution < 1.29 is 14.3 Å². The number of halogens is 1. The van der Waals surface area contributed by atoms with Gasteiger partial charge in [-0.1, -0.05) is 6.07 Å². The van der Waals surface area contributed by atoms with Crippen LogP contribution in [0.1, 0.15) is 12.2 Å². The van der Waals surface area contributed by atoms with E-state index in [4.69, 9.17) is 5.11 Å². The lowest BCUT2D eigenvalue weighted by Gasteiger charge is -2.06. The summed E-state index contributed by atoms with van der Waals surface area (Å²) in [5, 5.41) is 11.5. The molecule has 0 saturated carbocycles. The molecule has 0 aliphatic heterocycles. The Kier molecular flexibility index (Phi) is 4.02. The van der Waals surface area contributed by atoms with E-state index in [0.29, 0.717) is 17.3 Å². The molecule has 0 bridgehead atoms. The number of benzene rings is 1. The van der Waals surface area contributed by atoms with E-state index in [0.717, 1.165) is 0 Å². The van der Waals surface area contributed by atoms with Gasteiger partial charge in [0, 0.05) is 18.3 Å². The largest absolute Gasteiger partial charge is 0.481 e. The Labute approximate surface area is 109 Å². The summed E-state index contributed by atoms with van der Waals surface area (Å²) in [6.07, 6.45) is 1.77. The Morgan fingerprint density at radius 1 is 1.37 bits per heavy atom. The average Bonchev–Trinajstić information content (AvgIpc) is 2.37. The van der Waals surface area contributed by atoms with Gasteiger partial charge in [-0.25, -0.2) is 14.4 Å². The maximum absolute atomic E-state index is 13.0. The van der Waals surface area contributed by atoms with Crippen LogP contribution in [0.2, 0.25) is 0 Å². The number of nitrogens with zero attached hydrogens (tertiary/aromatic N) is 2. The summed E-state index contributed by atoms with van der Waals surface area (Å²) < 4.78 is 13.0. The van der Waals surface area contributed by atoms with Crippen LogP contribution in [0.4, 0.5) is 15.9 Å². The Hall–Kier alpha value is -2.50. The summed E-state index contributed by atoms with van der Waals surface area (Å²) in [5.74, 6) is -0.304. The van der Waals surface area contributed by atoms with Crippen molar-refractivity contribution in [1.29, 1.82) is 0 Å². The molecule has 1 aromatic heterocycles. The van der Waals surface area contributed by atoms with Crippen LogP contribution in [0, 0.1) is 5.82 Å². The Balaban J connectivity index is 2.08. The highest BCUT2D eigenvalue weighted by molar-refractivity contribution is 5.66. The molecule has 0 spiro atoms. The summed E-state index contributed by atoms with van der Waals surface area (Å²) >= 11 is 0. The number of carboxylic acids is 1. The van der Waals surface area contributed by atoms with Crippen LogP contribution >= 0.6 is 0 Å². The standard InChI is InChI=1S/C13H12FN3O2/c14-9-2-1-3-10(8-9)16-12-6-7-15-11(17-12)4-5-13(18)19/h1-3,6-8H,4-5H2,(H,18,19)(H,15,16,17). The molecule has 0 amide bonds. The predicted octanol–water partition coefficient (Wildman–Crippen LogP) is 2.38. The van der Waals surface area contributed by atoms with Gasteiger partial charge in [-0.3, -0.25) is 4.79 Å². The van der Waals surface area contributed by atoms with Gasteiger partial charge >= 0.3 is 5.97 Å². The van der Waals surface area contributed by atoms with Gasteiger partial charge in [0.25, 0.3) is 0 Å². The molecule has 2 aromatic rings. The lowest BCUT2D eigenvalue weighted by molar-refractivity contribution is -0.137. The molecule has 1 heterocycles. The van der Waals surface area contributed by atoms with Gasteiger partial charge in [0.1, 0.15) is 17.5 Å². The minimum absolute atomic E-state index is 0.0244. The molecule has 19 heavy (non-hydrogen) atoms. The number of aliphatic carboxylic acids is 1. The summed E-state index contributed by atoms with van der Waals surface area (Å²) in [4.78, 5) is 18.6. The first kappa shape index (κ1) is 12.9. The smallest absolute Gasteiger partial charge is 0.303 e. The van der Waals surface area contributed by atoms with Crippen LogP contribution in [0.5, 0.6) is 0 Å². The molecule has 0 radical (unpaired) electrons. The number of aromatic nitrogens is 2. The van der Waals surface area contributed by atoms with E-state index in [1.54, 1.807) is 18.2 Å². The molecule has 5 nitrogen and oxygen atoms in total. The zero-order valence-corrected chi connectivity index (χ0v) is 10.0. The number of anilines is 2. The van der Waals surface area contributed by atoms with Crippen molar-refractivity contribution in [2.45, 2.75) is 12.8 Å². The van der Waals surface area contributed by atoms with E-state index in [1.807, 2.05) is 0 Å². The quantitative estimate of drug-likeness (QED) is 0.864. The number of hydrogen-bond donors (Lipinski definition) is 2. The van der Waals surface area contributed by atoms with Crippen LogP contribution in [0.15, 0.2) is 36.5 Å². The second-order valence-electron chi connectivity index (χ2n) is 3.89. The Morgan fingerprint density at radius 2 is 2.21 bits per heavy atom. The first-order valence-electron chi connectivity index (χ1n) is 5.70. The fourth-order valence-corrected chi connectivity index (χ4v) is 1.52. The molecular weight excluding hydrogens is 249 g/mol. The van der Waals surface area contributed by atoms with Crippen LogP contribution in [0.3, 0.4) is 0 Å². The maximum atomic E-state index is 13.0. The molecule has 0 fully saturated rings. The van der Waals surface area contributed by atoms with E-state index in [1.165, 1.54) is 18.3 Å². The summed E-state index contributed by atoms with van der Waals surface area (Å²) in [5.41, 5.74) is 0.572. The highest BCUT2D eigenvalue weighted by Gasteiger charge is 2.03. The minimum Gasteiger partial charge on any atom is -0.481 e. The fourth-order valence-electron chi connectivity index (χ4n) is 1.52. The Morgan fingerprint density at radius 3 is 2.95 bits per heavy atom. The summed E-state index contributed by atoms with van der Waals surface area (Å²) in [6.45, 7) is 0. The average molecular weight is 261 g/mol. The summed E-state index contributed by atoms with van der Waals surface area (Å²) in [7, 11) is 0. The van der Waals surface area contributed by atoms with Gasteiger partial charge in [0.05, 0.1) is 6.42 Å². The second kappa shape index (κ2) is 5.90. The molecule has 1 aromatic carbocycles. The predicted molar refractivity (Wildman–Crippen MR) is 67.7 cm³/mol. The summed E-state index contributed by atoms with van der Waals surface area (Å²) in [6, 6.07) is 7.63. The number of carboxylic acid groups (broad SMARTS) is 1. The van der Waals surface area contributed by atoms with Gasteiger partial charge in [0.2, 0.25) is 0 Å². The molecule has 0 saturated heterocycles. The van der Waals surface area contributed by atoms with Crippen molar-refractivity contribution in [2.75, 3.05) is 5.32 Å². The number of carbonyl (C=O) groups is 1. The van der Waals surface area contributed by atoms with Crippen molar-refractivity contribution in [3.05, 3.63) is 48.2 Å². The van der Waals surface area contributed by atoms with Crippen LogP contribution in [-0.2, 0) is 11.2 Å². The number of nitrogens with one attached hydrogen (secondary N) is 1. The zero-order chi connectivity index (χ0) is 13.7. The first-order valence-corrected chi connectivity index (χ1v) is 5.70. The van der Waals surface area contributed by atoms with Gasteiger partial charge < -0.3 is 10.4 Å². The topological polar surface area (TPSA) is 75.1 Å². The highest BCUT2D eigenvalue weighted by Crippen LogP contribution is 2.15. The third-order valence-corrected chi connectivity index (χ3v) is 2.36. The van der Waals surface area contributed by atoms with Gasteiger partial charge in [0.15, 0.2) is 0 Å². The van der Waals surface area contributed by atoms with E-state index in [9.17, 15) is 9.18 Å². The lowest BCUT2D eigenvalue weighted by Crippen LogP contribution is -2.03. The lowest BCUT2D eigenvalue weighted by atomic mass is 10.3. The molecule has 2 N–H and O–H groups in total. The molecule has 6 heteroatoms. The SMILES string of the molecule is O=C(O)CCc1nccc(Nc2cccc(F)c2)n1. The number of aryl methyl sites for hydroxylation is 1. The van der Waals surface area contributed by atoms with Crippen molar-refractivity contribution in [2.24, 2.45) is 0 Å². The van der Waals surface area contributed by atoms with Crippen molar-refractivity contribution >= 4 is 17.5 Å². The second-order valence-corrected chi connectivity index (χ2v) is 3.89. The Bertz CT molecular complexity index is 590. The van der Waals surface area contributed by atoms with E-state index in [2.05, 4.69) is 15.3 Å². The number of hydrogen-bond acceptors (Lipinski definition) is 4. The van der Waals surface area contributed by atoms with Gasteiger partial charge in [-0.15, -0.1) is 0 Å². The fraction of sp³-hybridized carbons (Fsp3) is 0.154. The normalized spacial score (nSPS) is 10.2. The van der Waals surface area contributed by atoms with Crippen molar-refractivity contribution in [3.63, 3.8) is 0 Å². The van der Waals surface area contributed by atoms with Crippen molar-refractivity contribution in [3.8, 4) is 0 Å². The van der Waals surface area contributed by atoms with Gasteiger partial charge in [-0.2, -0.15) is 0 Å². The molecular formula is C13H12FN3O2. The van der Waals surface area contributed by atoms with Crippen LogP contribution in [-0.4, -0.2) is 21.0 Å². The molecule has 0 aliphatic rings. The third kappa shape index (κ3) is 4.02. The maximum Gasteiger partial charge on any atom is 0.303 e.